The van der Waals surface area contributed by atoms with E-state index in [-0.39, 0.29) is 5.69 Å². The number of nitrogens with two attached hydrogens (primary N) is 2. The van der Waals surface area contributed by atoms with Crippen molar-refractivity contribution in [2.24, 2.45) is 11.5 Å². The third-order valence-corrected chi connectivity index (χ3v) is 3.75. The van der Waals surface area contributed by atoms with Crippen LogP contribution in [0, 0.1) is 0 Å². The topological polar surface area (TPSA) is 108 Å². The standard InChI is InChI=1S/C17H17N5O/c18-8-2-5-14-13-4-1-3-12(11-6-9-20-10-7-11)15(13)21-22-16(14)17(19)23/h1,3-4,6-7,9-10H,2,5,8,18H2,(H2,19,23). The first-order valence-corrected chi connectivity index (χ1v) is 7.41. The maximum absolute atomic E-state index is 11.7. The van der Waals surface area contributed by atoms with Crippen LogP contribution in [0.2, 0.25) is 0 Å². The number of pyridine rings is 1. The summed E-state index contributed by atoms with van der Waals surface area (Å²) in [5.74, 6) is -0.569. The van der Waals surface area contributed by atoms with E-state index in [1.165, 1.54) is 0 Å². The Labute approximate surface area is 133 Å². The van der Waals surface area contributed by atoms with Crippen molar-refractivity contribution >= 4 is 16.8 Å². The van der Waals surface area contributed by atoms with E-state index in [4.69, 9.17) is 11.5 Å². The van der Waals surface area contributed by atoms with Gasteiger partial charge in [-0.25, -0.2) is 0 Å². The van der Waals surface area contributed by atoms with Gasteiger partial charge in [-0.1, -0.05) is 18.2 Å². The average molecular weight is 307 g/mol. The summed E-state index contributed by atoms with van der Waals surface area (Å²) in [4.78, 5) is 15.7. The fraction of sp³-hybridized carbons (Fsp3) is 0.176. The zero-order valence-corrected chi connectivity index (χ0v) is 12.6. The van der Waals surface area contributed by atoms with Crippen LogP contribution >= 0.6 is 0 Å². The highest BCUT2D eigenvalue weighted by atomic mass is 16.1. The molecule has 0 aliphatic heterocycles. The Kier molecular flexibility index (Phi) is 4.25. The highest BCUT2D eigenvalue weighted by Gasteiger charge is 2.16. The third kappa shape index (κ3) is 2.89. The zero-order valence-electron chi connectivity index (χ0n) is 12.6. The Balaban J connectivity index is 2.25. The lowest BCUT2D eigenvalue weighted by Gasteiger charge is -2.11. The molecule has 3 aromatic rings. The lowest BCUT2D eigenvalue weighted by atomic mass is 9.97. The second-order valence-corrected chi connectivity index (χ2v) is 5.22. The molecule has 1 aromatic carbocycles. The number of carbonyl (C=O) groups excluding carboxylic acids is 1. The molecule has 2 heterocycles. The predicted molar refractivity (Wildman–Crippen MR) is 88.7 cm³/mol. The molecule has 2 aromatic heterocycles. The molecule has 0 unspecified atom stereocenters. The van der Waals surface area contributed by atoms with Crippen molar-refractivity contribution in [2.75, 3.05) is 6.54 Å². The summed E-state index contributed by atoms with van der Waals surface area (Å²) >= 11 is 0. The summed E-state index contributed by atoms with van der Waals surface area (Å²) in [6.45, 7) is 0.534. The van der Waals surface area contributed by atoms with Crippen LogP contribution in [0.3, 0.4) is 0 Å². The van der Waals surface area contributed by atoms with Gasteiger partial charge in [-0.15, -0.1) is 10.2 Å². The highest BCUT2D eigenvalue weighted by molar-refractivity contribution is 6.01. The van der Waals surface area contributed by atoms with Crippen LogP contribution in [0.5, 0.6) is 0 Å². The van der Waals surface area contributed by atoms with Gasteiger partial charge in [-0.2, -0.15) is 0 Å². The van der Waals surface area contributed by atoms with Gasteiger partial charge in [-0.05, 0) is 42.6 Å². The molecule has 116 valence electrons. The van der Waals surface area contributed by atoms with Gasteiger partial charge in [0.2, 0.25) is 0 Å². The SMILES string of the molecule is NCCCc1c(C(N)=O)nnc2c(-c3ccncc3)cccc12. The maximum Gasteiger partial charge on any atom is 0.269 e. The van der Waals surface area contributed by atoms with E-state index >= 15 is 0 Å². The Morgan fingerprint density at radius 3 is 2.57 bits per heavy atom. The number of fused-ring (bicyclic) bond motifs is 1. The number of primary amides is 1. The molecular weight excluding hydrogens is 290 g/mol. The largest absolute Gasteiger partial charge is 0.364 e. The fourth-order valence-corrected chi connectivity index (χ4v) is 2.68. The number of benzene rings is 1. The van der Waals surface area contributed by atoms with E-state index < -0.39 is 5.91 Å². The van der Waals surface area contributed by atoms with Crippen molar-refractivity contribution in [3.63, 3.8) is 0 Å². The van der Waals surface area contributed by atoms with Crippen LogP contribution < -0.4 is 11.5 Å². The molecule has 4 N–H and O–H groups in total. The molecule has 0 aliphatic carbocycles. The van der Waals surface area contributed by atoms with Gasteiger partial charge in [0.05, 0.1) is 0 Å². The van der Waals surface area contributed by atoms with Gasteiger partial charge in [0, 0.05) is 23.3 Å². The van der Waals surface area contributed by atoms with E-state index in [0.717, 1.165) is 34.0 Å². The minimum atomic E-state index is -0.569. The summed E-state index contributed by atoms with van der Waals surface area (Å²) in [6, 6.07) is 9.68. The van der Waals surface area contributed by atoms with Crippen LogP contribution in [-0.2, 0) is 6.42 Å². The Hall–Kier alpha value is -2.86. The zero-order chi connectivity index (χ0) is 16.2. The monoisotopic (exact) mass is 307 g/mol. The molecule has 0 atom stereocenters. The molecule has 0 saturated heterocycles. The maximum atomic E-state index is 11.7. The molecule has 0 spiro atoms. The lowest BCUT2D eigenvalue weighted by Crippen LogP contribution is -2.18. The minimum absolute atomic E-state index is 0.220. The van der Waals surface area contributed by atoms with E-state index in [1.54, 1.807) is 12.4 Å². The number of aryl methyl sites for hydroxylation is 1. The van der Waals surface area contributed by atoms with Crippen molar-refractivity contribution in [2.45, 2.75) is 12.8 Å². The Bertz CT molecular complexity index is 848. The number of amides is 1. The van der Waals surface area contributed by atoms with Crippen LogP contribution in [0.15, 0.2) is 42.7 Å². The first-order chi connectivity index (χ1) is 11.2. The smallest absolute Gasteiger partial charge is 0.269 e. The minimum Gasteiger partial charge on any atom is -0.364 e. The molecule has 6 heteroatoms. The van der Waals surface area contributed by atoms with Crippen LogP contribution in [0.25, 0.3) is 22.0 Å². The number of nitrogens with zero attached hydrogens (tertiary/aromatic N) is 3. The molecule has 0 aliphatic rings. The predicted octanol–water partition coefficient (Wildman–Crippen LogP) is 1.68. The van der Waals surface area contributed by atoms with E-state index in [2.05, 4.69) is 15.2 Å². The number of hydrogen-bond donors (Lipinski definition) is 2. The molecule has 0 radical (unpaired) electrons. The molecule has 6 nitrogen and oxygen atoms in total. The van der Waals surface area contributed by atoms with Crippen LogP contribution in [0.4, 0.5) is 0 Å². The number of aromatic nitrogens is 3. The van der Waals surface area contributed by atoms with E-state index in [0.29, 0.717) is 13.0 Å². The van der Waals surface area contributed by atoms with E-state index in [9.17, 15) is 4.79 Å². The fourth-order valence-electron chi connectivity index (χ4n) is 2.68. The van der Waals surface area contributed by atoms with Gasteiger partial charge in [0.1, 0.15) is 5.52 Å². The van der Waals surface area contributed by atoms with Crippen molar-refractivity contribution in [1.82, 2.24) is 15.2 Å². The molecule has 0 bridgehead atoms. The average Bonchev–Trinajstić information content (AvgIpc) is 2.59. The van der Waals surface area contributed by atoms with E-state index in [1.807, 2.05) is 30.3 Å². The quantitative estimate of drug-likeness (QED) is 0.745. The second-order valence-electron chi connectivity index (χ2n) is 5.22. The molecule has 0 saturated carbocycles. The van der Waals surface area contributed by atoms with Crippen molar-refractivity contribution in [1.29, 1.82) is 0 Å². The Morgan fingerprint density at radius 2 is 1.87 bits per heavy atom. The summed E-state index contributed by atoms with van der Waals surface area (Å²) in [7, 11) is 0. The van der Waals surface area contributed by atoms with Gasteiger partial charge in [0.15, 0.2) is 5.69 Å². The molecule has 3 rings (SSSR count). The summed E-state index contributed by atoms with van der Waals surface area (Å²) in [6.07, 6.45) is 4.85. The van der Waals surface area contributed by atoms with Gasteiger partial charge < -0.3 is 11.5 Å². The van der Waals surface area contributed by atoms with Crippen molar-refractivity contribution in [3.8, 4) is 11.1 Å². The van der Waals surface area contributed by atoms with Crippen molar-refractivity contribution in [3.05, 3.63) is 54.0 Å². The molecule has 23 heavy (non-hydrogen) atoms. The molecule has 1 amide bonds. The summed E-state index contributed by atoms with van der Waals surface area (Å²) in [5, 5.41) is 9.20. The molecule has 0 fully saturated rings. The third-order valence-electron chi connectivity index (χ3n) is 3.75. The van der Waals surface area contributed by atoms with Gasteiger partial charge in [-0.3, -0.25) is 9.78 Å². The molecular formula is C17H17N5O. The van der Waals surface area contributed by atoms with Crippen molar-refractivity contribution < 1.29 is 4.79 Å². The highest BCUT2D eigenvalue weighted by Crippen LogP contribution is 2.29. The summed E-state index contributed by atoms with van der Waals surface area (Å²) in [5.41, 5.74) is 14.8. The van der Waals surface area contributed by atoms with Crippen LogP contribution in [-0.4, -0.2) is 27.6 Å². The first kappa shape index (κ1) is 15.1. The van der Waals surface area contributed by atoms with Gasteiger partial charge >= 0.3 is 0 Å². The number of rotatable bonds is 5. The van der Waals surface area contributed by atoms with Crippen LogP contribution in [0.1, 0.15) is 22.5 Å². The number of carbonyl (C=O) groups is 1. The number of hydrogen-bond acceptors (Lipinski definition) is 5. The van der Waals surface area contributed by atoms with Gasteiger partial charge in [0.25, 0.3) is 5.91 Å². The summed E-state index contributed by atoms with van der Waals surface area (Å²) < 4.78 is 0. The first-order valence-electron chi connectivity index (χ1n) is 7.41. The normalized spacial score (nSPS) is 10.8. The Morgan fingerprint density at radius 1 is 1.09 bits per heavy atom. The second kappa shape index (κ2) is 6.50. The lowest BCUT2D eigenvalue weighted by molar-refractivity contribution is 0.0994.